The molecule has 0 spiro atoms. The van der Waals surface area contributed by atoms with Crippen molar-refractivity contribution in [3.05, 3.63) is 138 Å². The molecule has 2 unspecified atom stereocenters. The van der Waals surface area contributed by atoms with Crippen LogP contribution >= 0.6 is 0 Å². The number of esters is 1. The molecule has 0 aromatic heterocycles. The van der Waals surface area contributed by atoms with Crippen molar-refractivity contribution in [2.24, 2.45) is 5.73 Å². The van der Waals surface area contributed by atoms with Crippen LogP contribution < -0.4 is 21.1 Å². The van der Waals surface area contributed by atoms with Gasteiger partial charge in [0.1, 0.15) is 37.6 Å². The summed E-state index contributed by atoms with van der Waals surface area (Å²) in [4.78, 5) is 38.4. The maximum Gasteiger partial charge on any atom is 0.325 e. The van der Waals surface area contributed by atoms with Crippen LogP contribution in [0.25, 0.3) is 0 Å². The molecule has 0 aliphatic rings. The minimum absolute atomic E-state index is 0.0334. The summed E-state index contributed by atoms with van der Waals surface area (Å²) in [6.45, 7) is 0.429. The van der Waals surface area contributed by atoms with Crippen LogP contribution in [-0.4, -0.2) is 43.0 Å². The van der Waals surface area contributed by atoms with Crippen molar-refractivity contribution in [1.29, 1.82) is 0 Å². The summed E-state index contributed by atoms with van der Waals surface area (Å²) in [6.07, 6.45) is 0.160. The summed E-state index contributed by atoms with van der Waals surface area (Å²) in [5.74, 6) is -1.02. The van der Waals surface area contributed by atoms with E-state index in [0.29, 0.717) is 19.0 Å². The molecule has 0 bridgehead atoms. The van der Waals surface area contributed by atoms with Gasteiger partial charge in [0.15, 0.2) is 0 Å². The number of ether oxygens (including phenoxy) is 3. The first-order chi connectivity index (χ1) is 21.5. The second kappa shape index (κ2) is 17.2. The Kier molecular flexibility index (Phi) is 12.5. The lowest BCUT2D eigenvalue weighted by Gasteiger charge is -2.21. The van der Waals surface area contributed by atoms with E-state index < -0.39 is 29.9 Å². The predicted molar refractivity (Wildman–Crippen MR) is 166 cm³/mol. The fourth-order valence-corrected chi connectivity index (χ4v) is 4.21. The van der Waals surface area contributed by atoms with Crippen molar-refractivity contribution in [3.63, 3.8) is 0 Å². The molecule has 4 N–H and O–H groups in total. The Morgan fingerprint density at radius 1 is 0.636 bits per heavy atom. The Labute approximate surface area is 257 Å². The van der Waals surface area contributed by atoms with Gasteiger partial charge < -0.3 is 30.6 Å². The molecule has 0 saturated heterocycles. The summed E-state index contributed by atoms with van der Waals surface area (Å²) < 4.78 is 16.7. The minimum atomic E-state index is -1.00. The molecule has 0 aliphatic carbocycles. The van der Waals surface area contributed by atoms with Gasteiger partial charge in [-0.2, -0.15) is 0 Å². The van der Waals surface area contributed by atoms with E-state index in [9.17, 15) is 14.4 Å². The Morgan fingerprint density at radius 2 is 1.18 bits per heavy atom. The molecule has 4 rings (SSSR count). The van der Waals surface area contributed by atoms with Gasteiger partial charge in [-0.15, -0.1) is 0 Å². The average Bonchev–Trinajstić information content (AvgIpc) is 3.07. The predicted octanol–water partition coefficient (Wildman–Crippen LogP) is 3.70. The Hall–Kier alpha value is -4.99. The standard InChI is InChI=1S/C35H37N3O6/c36-31(25-42-22-27-10-4-1-5-11-27)34(40)38-32(35(41)37-21-33(39)44-24-29-14-8-3-9-15-29)20-26-16-18-30(19-17-26)43-23-28-12-6-2-7-13-28/h1-19,31-32H,20-25,36H2,(H,37,41)(H,38,40). The van der Waals surface area contributed by atoms with Crippen molar-refractivity contribution >= 4 is 17.8 Å². The molecule has 9 nitrogen and oxygen atoms in total. The van der Waals surface area contributed by atoms with E-state index in [2.05, 4.69) is 10.6 Å². The highest BCUT2D eigenvalue weighted by atomic mass is 16.5. The molecular formula is C35H37N3O6. The van der Waals surface area contributed by atoms with Crippen LogP contribution in [0.15, 0.2) is 115 Å². The summed E-state index contributed by atoms with van der Waals surface area (Å²) in [6, 6.07) is 33.8. The Balaban J connectivity index is 1.33. The molecule has 228 valence electrons. The largest absolute Gasteiger partial charge is 0.489 e. The van der Waals surface area contributed by atoms with E-state index in [1.807, 2.05) is 103 Å². The average molecular weight is 596 g/mol. The fraction of sp³-hybridized carbons (Fsp3) is 0.229. The smallest absolute Gasteiger partial charge is 0.325 e. The highest BCUT2D eigenvalue weighted by molar-refractivity contribution is 5.91. The maximum absolute atomic E-state index is 13.2. The third-order valence-corrected chi connectivity index (χ3v) is 6.64. The highest BCUT2D eigenvalue weighted by Gasteiger charge is 2.25. The van der Waals surface area contributed by atoms with Crippen LogP contribution in [0.2, 0.25) is 0 Å². The number of rotatable bonds is 16. The molecule has 0 heterocycles. The number of hydrogen-bond donors (Lipinski definition) is 3. The zero-order valence-corrected chi connectivity index (χ0v) is 24.4. The number of hydrogen-bond acceptors (Lipinski definition) is 7. The summed E-state index contributed by atoms with van der Waals surface area (Å²) in [5, 5.41) is 5.29. The highest BCUT2D eigenvalue weighted by Crippen LogP contribution is 2.16. The van der Waals surface area contributed by atoms with Crippen LogP contribution in [-0.2, 0) is 50.1 Å². The number of amides is 2. The molecule has 44 heavy (non-hydrogen) atoms. The third kappa shape index (κ3) is 11.0. The quantitative estimate of drug-likeness (QED) is 0.169. The van der Waals surface area contributed by atoms with Crippen molar-refractivity contribution in [1.82, 2.24) is 10.6 Å². The molecule has 0 aliphatic heterocycles. The van der Waals surface area contributed by atoms with Crippen molar-refractivity contribution in [3.8, 4) is 5.75 Å². The van der Waals surface area contributed by atoms with Gasteiger partial charge in [0.2, 0.25) is 11.8 Å². The monoisotopic (exact) mass is 595 g/mol. The number of carbonyl (C=O) groups excluding carboxylic acids is 3. The van der Waals surface area contributed by atoms with Crippen LogP contribution in [0.1, 0.15) is 22.3 Å². The van der Waals surface area contributed by atoms with Gasteiger partial charge in [0.05, 0.1) is 13.2 Å². The lowest BCUT2D eigenvalue weighted by molar-refractivity contribution is -0.145. The Morgan fingerprint density at radius 3 is 1.77 bits per heavy atom. The second-order valence-electron chi connectivity index (χ2n) is 10.2. The molecule has 2 atom stereocenters. The summed E-state index contributed by atoms with van der Waals surface area (Å²) in [5.41, 5.74) is 9.68. The molecule has 0 radical (unpaired) electrons. The summed E-state index contributed by atoms with van der Waals surface area (Å²) in [7, 11) is 0. The Bertz CT molecular complexity index is 1450. The fourth-order valence-electron chi connectivity index (χ4n) is 4.21. The van der Waals surface area contributed by atoms with Gasteiger partial charge in [-0.05, 0) is 34.4 Å². The zero-order chi connectivity index (χ0) is 31.0. The SMILES string of the molecule is NC(COCc1ccccc1)C(=O)NC(Cc1ccc(OCc2ccccc2)cc1)C(=O)NCC(=O)OCc1ccccc1. The van der Waals surface area contributed by atoms with E-state index in [-0.39, 0.29) is 26.2 Å². The van der Waals surface area contributed by atoms with E-state index in [4.69, 9.17) is 19.9 Å². The van der Waals surface area contributed by atoms with Crippen molar-refractivity contribution in [2.75, 3.05) is 13.2 Å². The van der Waals surface area contributed by atoms with Gasteiger partial charge in [-0.1, -0.05) is 103 Å². The van der Waals surface area contributed by atoms with Crippen LogP contribution in [0.3, 0.4) is 0 Å². The molecule has 4 aromatic carbocycles. The molecule has 2 amide bonds. The lowest BCUT2D eigenvalue weighted by atomic mass is 10.0. The molecule has 0 fully saturated rings. The normalized spacial score (nSPS) is 12.0. The van der Waals surface area contributed by atoms with Gasteiger partial charge in [-0.25, -0.2) is 0 Å². The number of nitrogens with two attached hydrogens (primary N) is 1. The van der Waals surface area contributed by atoms with Crippen LogP contribution in [0, 0.1) is 0 Å². The van der Waals surface area contributed by atoms with E-state index in [0.717, 1.165) is 22.3 Å². The van der Waals surface area contributed by atoms with Crippen molar-refractivity contribution < 1.29 is 28.6 Å². The second-order valence-corrected chi connectivity index (χ2v) is 10.2. The van der Waals surface area contributed by atoms with Crippen molar-refractivity contribution in [2.45, 2.75) is 38.3 Å². The summed E-state index contributed by atoms with van der Waals surface area (Å²) >= 11 is 0. The van der Waals surface area contributed by atoms with Crippen LogP contribution in [0.5, 0.6) is 5.75 Å². The zero-order valence-electron chi connectivity index (χ0n) is 24.4. The van der Waals surface area contributed by atoms with Gasteiger partial charge >= 0.3 is 5.97 Å². The van der Waals surface area contributed by atoms with Gasteiger partial charge in [0, 0.05) is 6.42 Å². The van der Waals surface area contributed by atoms with E-state index in [1.54, 1.807) is 12.1 Å². The molecule has 9 heteroatoms. The lowest BCUT2D eigenvalue weighted by Crippen LogP contribution is -2.54. The van der Waals surface area contributed by atoms with Crippen LogP contribution in [0.4, 0.5) is 0 Å². The molecule has 4 aromatic rings. The first kappa shape index (κ1) is 31.9. The topological polar surface area (TPSA) is 129 Å². The minimum Gasteiger partial charge on any atom is -0.489 e. The van der Waals surface area contributed by atoms with Gasteiger partial charge in [0.25, 0.3) is 0 Å². The number of carbonyl (C=O) groups is 3. The molecule has 0 saturated carbocycles. The first-order valence-electron chi connectivity index (χ1n) is 14.4. The number of nitrogens with one attached hydrogen (secondary N) is 2. The van der Waals surface area contributed by atoms with Gasteiger partial charge in [-0.3, -0.25) is 14.4 Å². The molecular weight excluding hydrogens is 558 g/mol. The first-order valence-corrected chi connectivity index (χ1v) is 14.4. The third-order valence-electron chi connectivity index (χ3n) is 6.64. The van der Waals surface area contributed by atoms with E-state index >= 15 is 0 Å². The van der Waals surface area contributed by atoms with E-state index in [1.165, 1.54) is 0 Å². The number of benzene rings is 4. The maximum atomic E-state index is 13.2.